The molecule has 3 heterocycles. The molecular formula is C17H18N4OS. The van der Waals surface area contributed by atoms with E-state index in [1.165, 1.54) is 0 Å². The first-order chi connectivity index (χ1) is 11.2. The zero-order chi connectivity index (χ0) is 15.8. The number of benzene rings is 1. The van der Waals surface area contributed by atoms with Gasteiger partial charge in [-0.3, -0.25) is 9.48 Å². The standard InChI is InChI=1S/C17H18N4OS/c1-12-18-14(11-23-12)8-17(22)20-7-6-15(10-20)21-9-13-4-2-3-5-16(13)19-21/h2-5,9,11,15H,6-8,10H2,1H3. The number of thiazole rings is 1. The molecule has 1 aromatic carbocycles. The number of carbonyl (C=O) groups excluding carboxylic acids is 1. The van der Waals surface area contributed by atoms with Crippen LogP contribution in [0.3, 0.4) is 0 Å². The Labute approximate surface area is 138 Å². The highest BCUT2D eigenvalue weighted by Gasteiger charge is 2.28. The zero-order valence-corrected chi connectivity index (χ0v) is 13.8. The molecule has 1 atom stereocenters. The number of rotatable bonds is 3. The molecule has 1 aliphatic heterocycles. The van der Waals surface area contributed by atoms with E-state index in [9.17, 15) is 4.79 Å². The number of nitrogens with zero attached hydrogens (tertiary/aromatic N) is 4. The van der Waals surface area contributed by atoms with Gasteiger partial charge < -0.3 is 4.90 Å². The van der Waals surface area contributed by atoms with E-state index in [0.29, 0.717) is 6.42 Å². The number of hydrogen-bond donors (Lipinski definition) is 0. The Balaban J connectivity index is 1.45. The molecule has 6 heteroatoms. The Bertz CT molecular complexity index is 820. The number of hydrogen-bond acceptors (Lipinski definition) is 4. The van der Waals surface area contributed by atoms with E-state index in [-0.39, 0.29) is 11.9 Å². The Morgan fingerprint density at radius 1 is 1.39 bits per heavy atom. The largest absolute Gasteiger partial charge is 0.340 e. The van der Waals surface area contributed by atoms with Gasteiger partial charge in [0, 0.05) is 30.1 Å². The van der Waals surface area contributed by atoms with Crippen LogP contribution in [0, 0.1) is 6.92 Å². The lowest BCUT2D eigenvalue weighted by atomic mass is 10.2. The Morgan fingerprint density at radius 3 is 3.04 bits per heavy atom. The molecule has 1 saturated heterocycles. The van der Waals surface area contributed by atoms with Crippen molar-refractivity contribution in [3.05, 3.63) is 46.5 Å². The van der Waals surface area contributed by atoms with Gasteiger partial charge in [-0.1, -0.05) is 18.2 Å². The Morgan fingerprint density at radius 2 is 2.26 bits per heavy atom. The van der Waals surface area contributed by atoms with Gasteiger partial charge in [0.05, 0.1) is 28.7 Å². The van der Waals surface area contributed by atoms with E-state index in [1.807, 2.05) is 40.1 Å². The maximum Gasteiger partial charge on any atom is 0.228 e. The second-order valence-electron chi connectivity index (χ2n) is 5.98. The molecule has 0 radical (unpaired) electrons. The van der Waals surface area contributed by atoms with Crippen LogP contribution in [-0.2, 0) is 11.2 Å². The van der Waals surface area contributed by atoms with Gasteiger partial charge in [-0.25, -0.2) is 4.98 Å². The molecule has 0 bridgehead atoms. The van der Waals surface area contributed by atoms with Crippen molar-refractivity contribution in [2.45, 2.75) is 25.8 Å². The maximum atomic E-state index is 12.4. The lowest BCUT2D eigenvalue weighted by Gasteiger charge is -2.16. The minimum atomic E-state index is 0.162. The van der Waals surface area contributed by atoms with E-state index in [2.05, 4.69) is 22.3 Å². The number of amides is 1. The Kier molecular flexibility index (Phi) is 3.61. The first-order valence-corrected chi connectivity index (χ1v) is 8.70. The summed E-state index contributed by atoms with van der Waals surface area (Å²) < 4.78 is 2.02. The van der Waals surface area contributed by atoms with Crippen LogP contribution in [0.5, 0.6) is 0 Å². The van der Waals surface area contributed by atoms with Crippen molar-refractivity contribution in [3.8, 4) is 0 Å². The molecule has 3 aromatic rings. The highest BCUT2D eigenvalue weighted by molar-refractivity contribution is 7.09. The number of carbonyl (C=O) groups is 1. The van der Waals surface area contributed by atoms with E-state index < -0.39 is 0 Å². The molecule has 1 amide bonds. The number of likely N-dealkylation sites (tertiary alicyclic amines) is 1. The first kappa shape index (κ1) is 14.4. The van der Waals surface area contributed by atoms with E-state index in [1.54, 1.807) is 11.3 Å². The average molecular weight is 326 g/mol. The number of fused-ring (bicyclic) bond motifs is 1. The van der Waals surface area contributed by atoms with Crippen molar-refractivity contribution in [1.29, 1.82) is 0 Å². The van der Waals surface area contributed by atoms with Gasteiger partial charge in [-0.05, 0) is 19.4 Å². The fraction of sp³-hybridized carbons (Fsp3) is 0.353. The summed E-state index contributed by atoms with van der Waals surface area (Å²) in [6.45, 7) is 3.49. The lowest BCUT2D eigenvalue weighted by Crippen LogP contribution is -2.30. The van der Waals surface area contributed by atoms with Gasteiger partial charge in [-0.2, -0.15) is 5.10 Å². The monoisotopic (exact) mass is 326 g/mol. The predicted octanol–water partition coefficient (Wildman–Crippen LogP) is 2.82. The molecule has 0 saturated carbocycles. The number of aryl methyl sites for hydroxylation is 1. The summed E-state index contributed by atoms with van der Waals surface area (Å²) in [6.07, 6.45) is 3.44. The lowest BCUT2D eigenvalue weighted by molar-refractivity contribution is -0.129. The fourth-order valence-electron chi connectivity index (χ4n) is 3.11. The van der Waals surface area contributed by atoms with Crippen LogP contribution in [0.1, 0.15) is 23.2 Å². The second-order valence-corrected chi connectivity index (χ2v) is 7.05. The summed E-state index contributed by atoms with van der Waals surface area (Å²) in [5.41, 5.74) is 1.89. The third-order valence-electron chi connectivity index (χ3n) is 4.32. The molecular weight excluding hydrogens is 308 g/mol. The molecule has 0 N–H and O–H groups in total. The average Bonchev–Trinajstić information content (AvgIpc) is 3.25. The van der Waals surface area contributed by atoms with Gasteiger partial charge in [0.1, 0.15) is 0 Å². The molecule has 118 valence electrons. The summed E-state index contributed by atoms with van der Waals surface area (Å²) in [7, 11) is 0. The molecule has 1 aliphatic rings. The third kappa shape index (κ3) is 2.86. The molecule has 0 spiro atoms. The smallest absolute Gasteiger partial charge is 0.228 e. The fourth-order valence-corrected chi connectivity index (χ4v) is 3.72. The van der Waals surface area contributed by atoms with Crippen LogP contribution >= 0.6 is 11.3 Å². The van der Waals surface area contributed by atoms with Crippen molar-refractivity contribution in [2.75, 3.05) is 13.1 Å². The van der Waals surface area contributed by atoms with Crippen LogP contribution in [0.25, 0.3) is 10.9 Å². The molecule has 4 rings (SSSR count). The highest BCUT2D eigenvalue weighted by Crippen LogP contribution is 2.24. The summed E-state index contributed by atoms with van der Waals surface area (Å²) in [5.74, 6) is 0.162. The molecule has 2 aromatic heterocycles. The second kappa shape index (κ2) is 5.77. The molecule has 1 fully saturated rings. The first-order valence-electron chi connectivity index (χ1n) is 7.82. The van der Waals surface area contributed by atoms with Crippen molar-refractivity contribution in [2.24, 2.45) is 0 Å². The van der Waals surface area contributed by atoms with Crippen LogP contribution in [0.4, 0.5) is 0 Å². The van der Waals surface area contributed by atoms with E-state index >= 15 is 0 Å². The van der Waals surface area contributed by atoms with Gasteiger partial charge >= 0.3 is 0 Å². The maximum absolute atomic E-state index is 12.4. The van der Waals surface area contributed by atoms with Gasteiger partial charge in [-0.15, -0.1) is 11.3 Å². The summed E-state index contributed by atoms with van der Waals surface area (Å²) >= 11 is 1.59. The van der Waals surface area contributed by atoms with Crippen LogP contribution in [-0.4, -0.2) is 38.7 Å². The number of aromatic nitrogens is 3. The van der Waals surface area contributed by atoms with E-state index in [4.69, 9.17) is 0 Å². The molecule has 1 unspecified atom stereocenters. The van der Waals surface area contributed by atoms with Crippen LogP contribution < -0.4 is 0 Å². The molecule has 23 heavy (non-hydrogen) atoms. The zero-order valence-electron chi connectivity index (χ0n) is 13.0. The SMILES string of the molecule is Cc1nc(CC(=O)N2CCC(n3cc4ccccc4n3)C2)cs1. The van der Waals surface area contributed by atoms with Crippen molar-refractivity contribution in [3.63, 3.8) is 0 Å². The summed E-state index contributed by atoms with van der Waals surface area (Å²) in [6, 6.07) is 8.38. The van der Waals surface area contributed by atoms with Gasteiger partial charge in [0.25, 0.3) is 0 Å². The van der Waals surface area contributed by atoms with Gasteiger partial charge in [0.15, 0.2) is 0 Å². The normalized spacial score (nSPS) is 18.0. The predicted molar refractivity (Wildman–Crippen MR) is 90.5 cm³/mol. The summed E-state index contributed by atoms with van der Waals surface area (Å²) in [4.78, 5) is 18.8. The van der Waals surface area contributed by atoms with Crippen LogP contribution in [0.15, 0.2) is 35.8 Å². The minimum absolute atomic E-state index is 0.162. The minimum Gasteiger partial charge on any atom is -0.340 e. The topological polar surface area (TPSA) is 51.0 Å². The van der Waals surface area contributed by atoms with Gasteiger partial charge in [0.2, 0.25) is 5.91 Å². The summed E-state index contributed by atoms with van der Waals surface area (Å²) in [5, 5.41) is 8.77. The molecule has 5 nitrogen and oxygen atoms in total. The molecule has 0 aliphatic carbocycles. The quantitative estimate of drug-likeness (QED) is 0.744. The Hall–Kier alpha value is -2.21. The highest BCUT2D eigenvalue weighted by atomic mass is 32.1. The van der Waals surface area contributed by atoms with Crippen molar-refractivity contribution < 1.29 is 4.79 Å². The van der Waals surface area contributed by atoms with Crippen molar-refractivity contribution >= 4 is 28.1 Å². The van der Waals surface area contributed by atoms with Crippen molar-refractivity contribution in [1.82, 2.24) is 19.7 Å². The van der Waals surface area contributed by atoms with E-state index in [0.717, 1.165) is 41.1 Å². The van der Waals surface area contributed by atoms with Crippen LogP contribution in [0.2, 0.25) is 0 Å². The third-order valence-corrected chi connectivity index (χ3v) is 5.14.